The van der Waals surface area contributed by atoms with Crippen LogP contribution in [0.1, 0.15) is 298 Å². The van der Waals surface area contributed by atoms with E-state index in [4.69, 9.17) is 0 Å². The number of rotatable bonds is 12. The standard InChI is InChI=1S/C15H28O.C12H24O.2C9H18O.C7H14O.C6H12O.C5H10O/c1-12-8-5-6-9-13(12)10-7-11-14(16)15(2,3)4;1-7-10(9(2)3)8-11(13)12(4,5)6;1-8(2,3)7(10)9(4,5)6;1-5-6-7-8(10)9(2,3)4;1-5-6(8)7(2,3)4;1-5(7)6(2,3)4;1-5(2,3)4-6/h12-13H,5-11H2,1-4H3;9-10H,7-8H2,1-6H3;1-6H3;5-7H2,1-4H3;5H2,1-4H3;1-4H3;4H,1-3H3. The van der Waals surface area contributed by atoms with Gasteiger partial charge < -0.3 is 4.79 Å². The zero-order valence-electron chi connectivity index (χ0n) is 52.9. The summed E-state index contributed by atoms with van der Waals surface area (Å²) >= 11 is 0. The highest BCUT2D eigenvalue weighted by molar-refractivity contribution is 5.88. The fraction of sp³-hybridized carbons (Fsp3) is 0.889. The molecule has 0 amide bonds. The van der Waals surface area contributed by atoms with Gasteiger partial charge in [0.2, 0.25) is 0 Å². The van der Waals surface area contributed by atoms with Crippen LogP contribution >= 0.6 is 0 Å². The molecule has 1 aliphatic rings. The second-order valence-electron chi connectivity index (χ2n) is 28.8. The van der Waals surface area contributed by atoms with Crippen LogP contribution in [-0.2, 0) is 33.6 Å². The average molecular weight is 994 g/mol. The number of hydrogen-bond acceptors (Lipinski definition) is 7. The van der Waals surface area contributed by atoms with Crippen LogP contribution in [-0.4, -0.2) is 41.0 Å². The molecule has 0 aromatic carbocycles. The molecule has 0 spiro atoms. The molecular formula is C63H124O7. The maximum atomic E-state index is 11.8. The van der Waals surface area contributed by atoms with Gasteiger partial charge in [0.15, 0.2) is 0 Å². The van der Waals surface area contributed by atoms with Gasteiger partial charge in [0.05, 0.1) is 0 Å². The van der Waals surface area contributed by atoms with E-state index in [9.17, 15) is 33.6 Å². The summed E-state index contributed by atoms with van der Waals surface area (Å²) in [5, 5.41) is 0. The SMILES string of the molecule is CC(=O)C(C)(C)C.CC(C)(C)C(=O)C(C)(C)C.CC(C)(C)C=O.CC1CCCCC1CCCC(=O)C(C)(C)C.CCC(=O)C(C)(C)C.CCC(CC(=O)C(C)(C)C)C(C)C.CCCCC(=O)C(C)(C)C. The zero-order valence-corrected chi connectivity index (χ0v) is 52.9. The highest BCUT2D eigenvalue weighted by Crippen LogP contribution is 2.34. The Labute approximate surface area is 438 Å². The Morgan fingerprint density at radius 1 is 0.500 bits per heavy atom. The highest BCUT2D eigenvalue weighted by Gasteiger charge is 2.32. The highest BCUT2D eigenvalue weighted by atomic mass is 16.1. The Balaban J connectivity index is -0.000000175. The predicted octanol–water partition coefficient (Wildman–Crippen LogP) is 18.6. The van der Waals surface area contributed by atoms with Gasteiger partial charge in [0.1, 0.15) is 41.0 Å². The molecule has 0 radical (unpaired) electrons. The third kappa shape index (κ3) is 48.0. The normalized spacial score (nSPS) is 15.8. The predicted molar refractivity (Wildman–Crippen MR) is 305 cm³/mol. The second kappa shape index (κ2) is 35.8. The molecular weight excluding hydrogens is 869 g/mol. The Hall–Kier alpha value is -2.31. The molecule has 1 saturated carbocycles. The molecule has 0 saturated heterocycles. The molecule has 1 fully saturated rings. The minimum Gasteiger partial charge on any atom is -0.303 e. The van der Waals surface area contributed by atoms with E-state index in [1.165, 1.54) is 32.1 Å². The van der Waals surface area contributed by atoms with Crippen molar-refractivity contribution in [1.82, 2.24) is 0 Å². The summed E-state index contributed by atoms with van der Waals surface area (Å²) in [4.78, 5) is 77.4. The van der Waals surface area contributed by atoms with Crippen LogP contribution in [0.4, 0.5) is 0 Å². The van der Waals surface area contributed by atoms with Crippen molar-refractivity contribution in [2.24, 2.45) is 67.0 Å². The van der Waals surface area contributed by atoms with Gasteiger partial charge in [-0.3, -0.25) is 28.8 Å². The first kappa shape index (κ1) is 79.1. The molecule has 70 heavy (non-hydrogen) atoms. The summed E-state index contributed by atoms with van der Waals surface area (Å²) in [6.07, 6.45) is 15.1. The van der Waals surface area contributed by atoms with E-state index in [0.29, 0.717) is 47.2 Å². The summed E-state index contributed by atoms with van der Waals surface area (Å²) in [5.41, 5.74) is -1.24. The van der Waals surface area contributed by atoms with Crippen LogP contribution in [0.15, 0.2) is 0 Å². The zero-order chi connectivity index (χ0) is 57.7. The van der Waals surface area contributed by atoms with Gasteiger partial charge in [0, 0.05) is 69.0 Å². The first-order chi connectivity index (χ1) is 30.8. The molecule has 0 heterocycles. The van der Waals surface area contributed by atoms with E-state index < -0.39 is 0 Å². The topological polar surface area (TPSA) is 119 Å². The fourth-order valence-corrected chi connectivity index (χ4v) is 6.49. The molecule has 0 bridgehead atoms. The Morgan fingerprint density at radius 2 is 0.829 bits per heavy atom. The molecule has 1 rings (SSSR count). The second-order valence-corrected chi connectivity index (χ2v) is 28.8. The molecule has 0 aromatic heterocycles. The lowest BCUT2D eigenvalue weighted by Crippen LogP contribution is -2.32. The minimum absolute atomic E-state index is 0.130. The Bertz CT molecular complexity index is 1440. The quantitative estimate of drug-likeness (QED) is 0.179. The van der Waals surface area contributed by atoms with Crippen LogP contribution in [0.3, 0.4) is 0 Å². The summed E-state index contributed by atoms with van der Waals surface area (Å²) in [6.45, 7) is 61.5. The lowest BCUT2D eigenvalue weighted by Gasteiger charge is -2.28. The third-order valence-electron chi connectivity index (χ3n) is 12.4. The minimum atomic E-state index is -0.196. The van der Waals surface area contributed by atoms with Crippen molar-refractivity contribution in [3.05, 3.63) is 0 Å². The van der Waals surface area contributed by atoms with Gasteiger partial charge in [-0.15, -0.1) is 0 Å². The number of carbonyl (C=O) groups is 7. The van der Waals surface area contributed by atoms with Gasteiger partial charge in [-0.1, -0.05) is 246 Å². The number of unbranched alkanes of at least 4 members (excludes halogenated alkanes) is 1. The summed E-state index contributed by atoms with van der Waals surface area (Å²) in [6, 6.07) is 0. The number of ketones is 6. The maximum absolute atomic E-state index is 11.8. The molecule has 0 aromatic rings. The van der Waals surface area contributed by atoms with E-state index in [-0.39, 0.29) is 49.1 Å². The molecule has 0 N–H and O–H groups in total. The molecule has 7 heteroatoms. The van der Waals surface area contributed by atoms with E-state index in [1.807, 2.05) is 173 Å². The van der Waals surface area contributed by atoms with Crippen molar-refractivity contribution in [3.63, 3.8) is 0 Å². The summed E-state index contributed by atoms with van der Waals surface area (Å²) < 4.78 is 0. The van der Waals surface area contributed by atoms with Gasteiger partial charge in [-0.05, 0) is 49.9 Å². The van der Waals surface area contributed by atoms with E-state index >= 15 is 0 Å². The largest absolute Gasteiger partial charge is 0.303 e. The maximum Gasteiger partial charge on any atom is 0.143 e. The summed E-state index contributed by atoms with van der Waals surface area (Å²) in [5.74, 6) is 5.06. The number of hydrogen-bond donors (Lipinski definition) is 0. The monoisotopic (exact) mass is 993 g/mol. The lowest BCUT2D eigenvalue weighted by atomic mass is 9.76. The van der Waals surface area contributed by atoms with Crippen molar-refractivity contribution in [1.29, 1.82) is 0 Å². The number of aldehydes is 1. The van der Waals surface area contributed by atoms with E-state index in [1.54, 1.807) is 6.92 Å². The molecule has 418 valence electrons. The summed E-state index contributed by atoms with van der Waals surface area (Å²) in [7, 11) is 0. The van der Waals surface area contributed by atoms with Gasteiger partial charge in [-0.25, -0.2) is 0 Å². The fourth-order valence-electron chi connectivity index (χ4n) is 6.49. The lowest BCUT2D eigenvalue weighted by molar-refractivity contribution is -0.134. The molecule has 0 aliphatic heterocycles. The van der Waals surface area contributed by atoms with E-state index in [0.717, 1.165) is 63.1 Å². The van der Waals surface area contributed by atoms with Gasteiger partial charge >= 0.3 is 0 Å². The Kier molecular flexibility index (Phi) is 40.4. The van der Waals surface area contributed by atoms with Crippen LogP contribution in [0.25, 0.3) is 0 Å². The van der Waals surface area contributed by atoms with Crippen LogP contribution in [0.5, 0.6) is 0 Å². The third-order valence-corrected chi connectivity index (χ3v) is 12.4. The van der Waals surface area contributed by atoms with Crippen molar-refractivity contribution < 1.29 is 33.6 Å². The van der Waals surface area contributed by atoms with Crippen LogP contribution < -0.4 is 0 Å². The molecule has 3 unspecified atom stereocenters. The average Bonchev–Trinajstić information content (AvgIpc) is 3.17. The van der Waals surface area contributed by atoms with Crippen LogP contribution in [0, 0.1) is 67.0 Å². The number of Topliss-reactive ketones (excluding diaryl/α,β-unsaturated/α-hetero) is 6. The number of carbonyl (C=O) groups excluding carboxylic acids is 7. The molecule has 7 nitrogen and oxygen atoms in total. The first-order valence-corrected chi connectivity index (χ1v) is 27.5. The first-order valence-electron chi connectivity index (χ1n) is 27.5. The van der Waals surface area contributed by atoms with E-state index in [2.05, 4.69) is 34.6 Å². The van der Waals surface area contributed by atoms with Gasteiger partial charge in [0.25, 0.3) is 0 Å². The molecule has 3 atom stereocenters. The van der Waals surface area contributed by atoms with Gasteiger partial charge in [-0.2, -0.15) is 0 Å². The molecule has 1 aliphatic carbocycles. The van der Waals surface area contributed by atoms with Crippen molar-refractivity contribution >= 4 is 41.0 Å². The van der Waals surface area contributed by atoms with Crippen molar-refractivity contribution in [2.45, 2.75) is 298 Å². The van der Waals surface area contributed by atoms with Crippen molar-refractivity contribution in [3.8, 4) is 0 Å². The smallest absolute Gasteiger partial charge is 0.143 e. The van der Waals surface area contributed by atoms with Crippen LogP contribution in [0.2, 0.25) is 0 Å². The Morgan fingerprint density at radius 3 is 1.03 bits per heavy atom. The van der Waals surface area contributed by atoms with Crippen molar-refractivity contribution in [2.75, 3.05) is 0 Å².